The van der Waals surface area contributed by atoms with E-state index >= 15 is 0 Å². The number of hydrogen-bond acceptors (Lipinski definition) is 7. The Balaban J connectivity index is 1.75. The van der Waals surface area contributed by atoms with Crippen molar-refractivity contribution in [2.45, 2.75) is 38.0 Å². The van der Waals surface area contributed by atoms with Crippen LogP contribution in [0.5, 0.6) is 0 Å². The molecule has 1 heterocycles. The summed E-state index contributed by atoms with van der Waals surface area (Å²) in [6, 6.07) is 27.0. The van der Waals surface area contributed by atoms with Crippen molar-refractivity contribution >= 4 is 28.9 Å². The van der Waals surface area contributed by atoms with Crippen molar-refractivity contribution in [1.29, 1.82) is 0 Å². The van der Waals surface area contributed by atoms with Crippen LogP contribution in [-0.2, 0) is 41.0 Å². The highest BCUT2D eigenvalue weighted by molar-refractivity contribution is 6.09. The molecule has 0 radical (unpaired) electrons. The number of benzene rings is 4. The van der Waals surface area contributed by atoms with Gasteiger partial charge in [-0.05, 0) is 67.8 Å². The molecule has 1 aromatic heterocycles. The molecule has 0 fully saturated rings. The molecule has 242 valence electrons. The van der Waals surface area contributed by atoms with Gasteiger partial charge in [0.25, 0.3) is 0 Å². The zero-order valence-corrected chi connectivity index (χ0v) is 25.8. The first-order valence-corrected chi connectivity index (χ1v) is 14.9. The molecule has 0 aliphatic rings. The summed E-state index contributed by atoms with van der Waals surface area (Å²) in [7, 11) is 0. The van der Waals surface area contributed by atoms with Gasteiger partial charge in [0.15, 0.2) is 11.4 Å². The van der Waals surface area contributed by atoms with Gasteiger partial charge in [-0.2, -0.15) is 13.2 Å². The molecule has 0 bridgehead atoms. The monoisotopic (exact) mass is 644 g/mol. The minimum absolute atomic E-state index is 0.0377. The molecule has 0 aliphatic heterocycles. The summed E-state index contributed by atoms with van der Waals surface area (Å²) in [4.78, 5) is 42.9. The fourth-order valence-electron chi connectivity index (χ4n) is 5.67. The summed E-state index contributed by atoms with van der Waals surface area (Å²) < 4.78 is 63.4. The van der Waals surface area contributed by atoms with Crippen LogP contribution in [-0.4, -0.2) is 31.1 Å². The molecule has 0 saturated heterocycles. The Morgan fingerprint density at radius 1 is 0.702 bits per heavy atom. The lowest BCUT2D eigenvalue weighted by Crippen LogP contribution is -2.61. The van der Waals surface area contributed by atoms with Crippen LogP contribution < -0.4 is 0 Å². The number of hydrogen-bond donors (Lipinski definition) is 0. The van der Waals surface area contributed by atoms with Crippen molar-refractivity contribution in [3.63, 3.8) is 0 Å². The number of carbonyl (C=O) groups excluding carboxylic acids is 3. The number of fused-ring (bicyclic) bond motifs is 1. The third-order valence-corrected chi connectivity index (χ3v) is 7.95. The zero-order valence-electron chi connectivity index (χ0n) is 25.8. The number of furan rings is 1. The van der Waals surface area contributed by atoms with Gasteiger partial charge in [-0.25, -0.2) is 4.79 Å². The third-order valence-electron chi connectivity index (χ3n) is 7.95. The number of para-hydroxylation sites is 1. The van der Waals surface area contributed by atoms with Crippen LogP contribution >= 0.6 is 0 Å². The normalized spacial score (nSPS) is 13.1. The Morgan fingerprint density at radius 3 is 1.87 bits per heavy atom. The van der Waals surface area contributed by atoms with Crippen molar-refractivity contribution in [2.75, 3.05) is 13.2 Å². The molecule has 0 aliphatic carbocycles. The molecule has 10 heteroatoms. The third kappa shape index (κ3) is 5.98. The SMILES string of the molecule is CCOC(=O)C(C(=O)OCC)(c1ccccc1)C(C)(OC(=O)c1ccccc1-c1ccc(C(F)(F)F)cc1)c1cc2ccccc2o1. The van der Waals surface area contributed by atoms with E-state index in [0.717, 1.165) is 12.1 Å². The Bertz CT molecular complexity index is 1840. The number of ether oxygens (including phenoxy) is 3. The summed E-state index contributed by atoms with van der Waals surface area (Å²) in [5.41, 5.74) is -4.49. The topological polar surface area (TPSA) is 92.0 Å². The van der Waals surface area contributed by atoms with Gasteiger partial charge in [0.2, 0.25) is 5.41 Å². The minimum atomic E-state index is -4.55. The standard InChI is InChI=1S/C37H31F3O7/c1-4-44-33(42)36(34(43)45-5-2,26-14-7-6-8-15-26)35(3,31-23-25-13-9-12-18-30(25)46-31)47-32(41)29-17-11-10-16-28(29)24-19-21-27(22-20-24)37(38,39)40/h6-23H,4-5H2,1-3H3. The van der Waals surface area contributed by atoms with Gasteiger partial charge in [0.05, 0.1) is 24.3 Å². The maximum atomic E-state index is 14.4. The van der Waals surface area contributed by atoms with Gasteiger partial charge in [-0.3, -0.25) is 9.59 Å². The van der Waals surface area contributed by atoms with E-state index in [2.05, 4.69) is 0 Å². The summed E-state index contributed by atoms with van der Waals surface area (Å²) in [6.07, 6.45) is -4.55. The smallest absolute Gasteiger partial charge is 0.416 e. The highest BCUT2D eigenvalue weighted by atomic mass is 19.4. The summed E-state index contributed by atoms with van der Waals surface area (Å²) in [5.74, 6) is -3.13. The van der Waals surface area contributed by atoms with E-state index in [1.54, 1.807) is 80.6 Å². The molecule has 0 N–H and O–H groups in total. The molecule has 0 saturated carbocycles. The first kappa shape index (κ1) is 33.0. The summed E-state index contributed by atoms with van der Waals surface area (Å²) in [5, 5.41) is 0.601. The van der Waals surface area contributed by atoms with Crippen molar-refractivity contribution in [2.24, 2.45) is 0 Å². The second-order valence-corrected chi connectivity index (χ2v) is 10.7. The fraction of sp³-hybridized carbons (Fsp3) is 0.216. The van der Waals surface area contributed by atoms with Crippen LogP contribution in [0.2, 0.25) is 0 Å². The Kier molecular flexibility index (Phi) is 9.24. The lowest BCUT2D eigenvalue weighted by atomic mass is 9.66. The van der Waals surface area contributed by atoms with Crippen LogP contribution in [0.25, 0.3) is 22.1 Å². The Morgan fingerprint density at radius 2 is 1.28 bits per heavy atom. The first-order chi connectivity index (χ1) is 22.5. The van der Waals surface area contributed by atoms with Gasteiger partial charge in [0, 0.05) is 5.39 Å². The van der Waals surface area contributed by atoms with Gasteiger partial charge < -0.3 is 18.6 Å². The number of carbonyl (C=O) groups is 3. The fourth-order valence-corrected chi connectivity index (χ4v) is 5.67. The van der Waals surface area contributed by atoms with E-state index in [1.165, 1.54) is 37.3 Å². The van der Waals surface area contributed by atoms with Crippen molar-refractivity contribution in [1.82, 2.24) is 0 Å². The highest BCUT2D eigenvalue weighted by Crippen LogP contribution is 2.49. The van der Waals surface area contributed by atoms with E-state index in [4.69, 9.17) is 18.6 Å². The quantitative estimate of drug-likeness (QED) is 0.0859. The molecule has 1 unspecified atom stereocenters. The van der Waals surface area contributed by atoms with E-state index < -0.39 is 40.7 Å². The van der Waals surface area contributed by atoms with Crippen LogP contribution in [0.15, 0.2) is 114 Å². The second-order valence-electron chi connectivity index (χ2n) is 10.7. The molecule has 0 spiro atoms. The van der Waals surface area contributed by atoms with E-state index in [0.29, 0.717) is 16.5 Å². The summed E-state index contributed by atoms with van der Waals surface area (Å²) in [6.45, 7) is 4.29. The maximum absolute atomic E-state index is 14.4. The largest absolute Gasteiger partial charge is 0.465 e. The lowest BCUT2D eigenvalue weighted by Gasteiger charge is -2.42. The van der Waals surface area contributed by atoms with Gasteiger partial charge in [0.1, 0.15) is 5.58 Å². The number of esters is 3. The van der Waals surface area contributed by atoms with E-state index in [9.17, 15) is 27.6 Å². The molecule has 5 rings (SSSR count). The minimum Gasteiger partial charge on any atom is -0.465 e. The second kappa shape index (κ2) is 13.2. The first-order valence-electron chi connectivity index (χ1n) is 14.9. The Hall–Kier alpha value is -5.38. The van der Waals surface area contributed by atoms with Gasteiger partial charge >= 0.3 is 24.1 Å². The van der Waals surface area contributed by atoms with Gasteiger partial charge in [-0.1, -0.05) is 78.9 Å². The van der Waals surface area contributed by atoms with E-state index in [1.807, 2.05) is 0 Å². The molecular weight excluding hydrogens is 613 g/mol. The molecule has 4 aromatic carbocycles. The molecule has 1 atom stereocenters. The molecule has 5 aromatic rings. The molecular formula is C37H31F3O7. The van der Waals surface area contributed by atoms with Crippen LogP contribution in [0.1, 0.15) is 48.0 Å². The van der Waals surface area contributed by atoms with Crippen LogP contribution in [0, 0.1) is 0 Å². The molecule has 7 nitrogen and oxygen atoms in total. The zero-order chi connectivity index (χ0) is 33.8. The van der Waals surface area contributed by atoms with Crippen molar-refractivity contribution in [3.8, 4) is 11.1 Å². The average Bonchev–Trinajstić information content (AvgIpc) is 3.51. The van der Waals surface area contributed by atoms with Crippen LogP contribution in [0.3, 0.4) is 0 Å². The Labute approximate surface area is 268 Å². The van der Waals surface area contributed by atoms with Crippen LogP contribution in [0.4, 0.5) is 13.2 Å². The van der Waals surface area contributed by atoms with Crippen molar-refractivity contribution in [3.05, 3.63) is 132 Å². The van der Waals surface area contributed by atoms with Crippen molar-refractivity contribution < 1.29 is 46.2 Å². The number of rotatable bonds is 10. The predicted molar refractivity (Wildman–Crippen MR) is 167 cm³/mol. The summed E-state index contributed by atoms with van der Waals surface area (Å²) >= 11 is 0. The highest BCUT2D eigenvalue weighted by Gasteiger charge is 2.68. The number of halogens is 3. The van der Waals surface area contributed by atoms with E-state index in [-0.39, 0.29) is 35.7 Å². The number of alkyl halides is 3. The molecule has 0 amide bonds. The predicted octanol–water partition coefficient (Wildman–Crippen LogP) is 8.26. The lowest BCUT2D eigenvalue weighted by molar-refractivity contribution is -0.182. The molecule has 47 heavy (non-hydrogen) atoms. The average molecular weight is 645 g/mol. The van der Waals surface area contributed by atoms with Gasteiger partial charge in [-0.15, -0.1) is 0 Å². The maximum Gasteiger partial charge on any atom is 0.416 e.